The van der Waals surface area contributed by atoms with Crippen LogP contribution in [0.15, 0.2) is 0 Å². The first kappa shape index (κ1) is 17.6. The molecule has 7 rings (SSSR count). The van der Waals surface area contributed by atoms with Crippen LogP contribution in [0.2, 0.25) is 0 Å². The van der Waals surface area contributed by atoms with Crippen LogP contribution >= 0.6 is 0 Å². The van der Waals surface area contributed by atoms with Gasteiger partial charge in [-0.2, -0.15) is 0 Å². The fourth-order valence-electron chi connectivity index (χ4n) is 10.4. The fraction of sp³-hybridized carbons (Fsp3) is 1.00. The van der Waals surface area contributed by atoms with Gasteiger partial charge in [-0.1, -0.05) is 13.8 Å². The molecule has 1 heterocycles. The van der Waals surface area contributed by atoms with Crippen molar-refractivity contribution in [2.75, 3.05) is 19.7 Å². The standard InChI is InChI=1S/C22H35NO4/c1-3-23-10-19(2)6-5-16(25)22-14(19)9-13(17(22)23)20-7-4-12(8-15(20)22)21(27,11-24)18(20)26/h12-18,24-27H,3-11H2,1-2H3/t12-,13?,14+,15+,16-,17+,18-,19-,20-,21-,22?/m0/s1. The Kier molecular flexibility index (Phi) is 3.21. The van der Waals surface area contributed by atoms with Gasteiger partial charge in [-0.25, -0.2) is 0 Å². The normalized spacial score (nSPS) is 66.2. The second-order valence-electron chi connectivity index (χ2n) is 11.3. The van der Waals surface area contributed by atoms with E-state index in [4.69, 9.17) is 0 Å². The predicted octanol–water partition coefficient (Wildman–Crippen LogP) is 0.988. The van der Waals surface area contributed by atoms with Gasteiger partial charge in [0.1, 0.15) is 5.60 Å². The van der Waals surface area contributed by atoms with E-state index in [2.05, 4.69) is 18.7 Å². The van der Waals surface area contributed by atoms with Crippen LogP contribution < -0.4 is 0 Å². The molecule has 1 saturated heterocycles. The van der Waals surface area contributed by atoms with Crippen molar-refractivity contribution in [3.63, 3.8) is 0 Å². The van der Waals surface area contributed by atoms with Crippen molar-refractivity contribution in [1.82, 2.24) is 4.90 Å². The Hall–Kier alpha value is -0.200. The zero-order valence-electron chi connectivity index (χ0n) is 16.6. The molecule has 7 bridgehead atoms. The van der Waals surface area contributed by atoms with E-state index in [1.165, 1.54) is 0 Å². The number of fused-ring (bicyclic) bond motifs is 2. The molecule has 0 aromatic rings. The van der Waals surface area contributed by atoms with Gasteiger partial charge in [-0.3, -0.25) is 4.90 Å². The predicted molar refractivity (Wildman–Crippen MR) is 99.7 cm³/mol. The summed E-state index contributed by atoms with van der Waals surface area (Å²) in [6.45, 7) is 6.43. The molecule has 2 unspecified atom stereocenters. The molecule has 27 heavy (non-hydrogen) atoms. The molecule has 4 N–H and O–H groups in total. The van der Waals surface area contributed by atoms with Crippen molar-refractivity contribution >= 4 is 0 Å². The Balaban J connectivity index is 1.58. The van der Waals surface area contributed by atoms with Gasteiger partial charge >= 0.3 is 0 Å². The number of piperidine rings is 1. The lowest BCUT2D eigenvalue weighted by molar-refractivity contribution is -0.297. The lowest BCUT2D eigenvalue weighted by Gasteiger charge is -2.69. The minimum atomic E-state index is -1.36. The van der Waals surface area contributed by atoms with E-state index < -0.39 is 11.7 Å². The van der Waals surface area contributed by atoms with E-state index in [9.17, 15) is 20.4 Å². The van der Waals surface area contributed by atoms with E-state index >= 15 is 0 Å². The molecular weight excluding hydrogens is 342 g/mol. The molecule has 7 aliphatic rings. The number of hydrogen-bond acceptors (Lipinski definition) is 5. The number of aliphatic hydroxyl groups excluding tert-OH is 3. The molecular formula is C22H35NO4. The molecule has 0 amide bonds. The van der Waals surface area contributed by atoms with E-state index in [0.29, 0.717) is 17.9 Å². The summed E-state index contributed by atoms with van der Waals surface area (Å²) >= 11 is 0. The van der Waals surface area contributed by atoms with E-state index in [-0.39, 0.29) is 40.8 Å². The minimum Gasteiger partial charge on any atom is -0.393 e. The Labute approximate surface area is 161 Å². The molecule has 5 heteroatoms. The van der Waals surface area contributed by atoms with Crippen molar-refractivity contribution in [1.29, 1.82) is 0 Å². The van der Waals surface area contributed by atoms with Crippen molar-refractivity contribution in [2.45, 2.75) is 76.2 Å². The monoisotopic (exact) mass is 377 g/mol. The van der Waals surface area contributed by atoms with Gasteiger partial charge in [0.25, 0.3) is 0 Å². The second kappa shape index (κ2) is 4.92. The highest BCUT2D eigenvalue weighted by atomic mass is 16.4. The maximum atomic E-state index is 11.5. The van der Waals surface area contributed by atoms with Crippen LogP contribution in [0, 0.1) is 39.9 Å². The molecule has 0 aromatic heterocycles. The molecule has 6 saturated carbocycles. The summed E-state index contributed by atoms with van der Waals surface area (Å²) in [6.07, 6.45) is 4.61. The number of rotatable bonds is 2. The topological polar surface area (TPSA) is 84.2 Å². The molecule has 6 aliphatic carbocycles. The maximum Gasteiger partial charge on any atom is 0.117 e. The largest absolute Gasteiger partial charge is 0.393 e. The van der Waals surface area contributed by atoms with E-state index in [1.54, 1.807) is 0 Å². The summed E-state index contributed by atoms with van der Waals surface area (Å²) in [5.74, 6) is 1.10. The maximum absolute atomic E-state index is 11.5. The fourth-order valence-corrected chi connectivity index (χ4v) is 10.4. The lowest BCUT2D eigenvalue weighted by Crippen LogP contribution is -2.74. The smallest absolute Gasteiger partial charge is 0.117 e. The number of hydrogen-bond donors (Lipinski definition) is 4. The number of nitrogens with zero attached hydrogens (tertiary/aromatic N) is 1. The van der Waals surface area contributed by atoms with Crippen molar-refractivity contribution in [2.24, 2.45) is 39.9 Å². The van der Waals surface area contributed by atoms with Gasteiger partial charge < -0.3 is 20.4 Å². The summed E-state index contributed by atoms with van der Waals surface area (Å²) in [4.78, 5) is 2.63. The van der Waals surface area contributed by atoms with Crippen LogP contribution in [0.4, 0.5) is 0 Å². The van der Waals surface area contributed by atoms with Crippen LogP contribution in [0.1, 0.15) is 52.4 Å². The van der Waals surface area contributed by atoms with Gasteiger partial charge in [-0.05, 0) is 74.2 Å². The Morgan fingerprint density at radius 3 is 2.56 bits per heavy atom. The van der Waals surface area contributed by atoms with Crippen LogP contribution in [0.25, 0.3) is 0 Å². The number of aliphatic hydroxyl groups is 4. The van der Waals surface area contributed by atoms with Gasteiger partial charge in [0.15, 0.2) is 0 Å². The Bertz CT molecular complexity index is 687. The molecule has 0 radical (unpaired) electrons. The minimum absolute atomic E-state index is 0.0470. The molecule has 0 aromatic carbocycles. The third-order valence-corrected chi connectivity index (χ3v) is 11.1. The summed E-state index contributed by atoms with van der Waals surface area (Å²) in [6, 6.07) is 0.329. The van der Waals surface area contributed by atoms with Crippen LogP contribution in [-0.4, -0.2) is 68.9 Å². The average molecular weight is 378 g/mol. The Morgan fingerprint density at radius 1 is 1.07 bits per heavy atom. The second-order valence-corrected chi connectivity index (χ2v) is 11.3. The van der Waals surface area contributed by atoms with Crippen molar-refractivity contribution in [3.8, 4) is 0 Å². The zero-order chi connectivity index (χ0) is 19.0. The summed E-state index contributed by atoms with van der Waals surface area (Å²) in [7, 11) is 0. The SMILES string of the molecule is CCN1C[C@]2(C)CC[C@H](O)C34[C@H]1C(C[C@@H]32)[C@@]12CC[C@@H](C[C@@H]41)[C@@](O)(CO)[C@H]2O. The average Bonchev–Trinajstić information content (AvgIpc) is 3.12. The zero-order valence-corrected chi connectivity index (χ0v) is 16.6. The molecule has 7 fully saturated rings. The highest BCUT2D eigenvalue weighted by Gasteiger charge is 2.86. The van der Waals surface area contributed by atoms with Crippen molar-refractivity contribution in [3.05, 3.63) is 0 Å². The summed E-state index contributed by atoms with van der Waals surface area (Å²) < 4.78 is 0. The quantitative estimate of drug-likeness (QED) is 0.577. The van der Waals surface area contributed by atoms with Gasteiger partial charge in [0.2, 0.25) is 0 Å². The first-order valence-corrected chi connectivity index (χ1v) is 11.2. The van der Waals surface area contributed by atoms with E-state index in [1.807, 2.05) is 0 Å². The third-order valence-electron chi connectivity index (χ3n) is 11.1. The van der Waals surface area contributed by atoms with Crippen molar-refractivity contribution < 1.29 is 20.4 Å². The highest BCUT2D eigenvalue weighted by molar-refractivity contribution is 5.35. The first-order chi connectivity index (χ1) is 12.8. The van der Waals surface area contributed by atoms with E-state index in [0.717, 1.165) is 51.6 Å². The van der Waals surface area contributed by atoms with Gasteiger partial charge in [-0.15, -0.1) is 0 Å². The molecule has 152 valence electrons. The van der Waals surface area contributed by atoms with Crippen LogP contribution in [0.3, 0.4) is 0 Å². The van der Waals surface area contributed by atoms with Gasteiger partial charge in [0, 0.05) is 23.4 Å². The Morgan fingerprint density at radius 2 is 1.85 bits per heavy atom. The highest BCUT2D eigenvalue weighted by Crippen LogP contribution is 2.83. The lowest BCUT2D eigenvalue weighted by atomic mass is 9.38. The summed E-state index contributed by atoms with van der Waals surface area (Å²) in [5, 5.41) is 44.3. The molecule has 1 aliphatic heterocycles. The van der Waals surface area contributed by atoms with Crippen LogP contribution in [0.5, 0.6) is 0 Å². The molecule has 11 atom stereocenters. The third kappa shape index (κ3) is 1.53. The molecule has 2 spiro atoms. The summed E-state index contributed by atoms with van der Waals surface area (Å²) in [5.41, 5.74) is -1.55. The molecule has 5 nitrogen and oxygen atoms in total. The number of likely N-dealkylation sites (tertiary alicyclic amines) is 1. The van der Waals surface area contributed by atoms with Crippen LogP contribution in [-0.2, 0) is 0 Å². The first-order valence-electron chi connectivity index (χ1n) is 11.2. The van der Waals surface area contributed by atoms with Gasteiger partial charge in [0.05, 0.1) is 18.8 Å².